The third-order valence-electron chi connectivity index (χ3n) is 2.99. The van der Waals surface area contributed by atoms with Crippen LogP contribution in [0.15, 0.2) is 0 Å². The molecular formula is C10H19N3S. The molecule has 1 aliphatic carbocycles. The smallest absolute Gasteiger partial charge is 0.169 e. The van der Waals surface area contributed by atoms with Crippen molar-refractivity contribution in [1.82, 2.24) is 15.1 Å². The number of hydrogen-bond donors (Lipinski definition) is 1. The van der Waals surface area contributed by atoms with Gasteiger partial charge in [-0.15, -0.1) is 0 Å². The van der Waals surface area contributed by atoms with Crippen molar-refractivity contribution in [1.29, 1.82) is 0 Å². The second-order valence-corrected chi connectivity index (χ2v) is 4.48. The molecule has 0 radical (unpaired) electrons. The lowest BCUT2D eigenvalue weighted by Gasteiger charge is -2.36. The van der Waals surface area contributed by atoms with Gasteiger partial charge in [-0.25, -0.2) is 0 Å². The van der Waals surface area contributed by atoms with Crippen LogP contribution in [0.1, 0.15) is 19.8 Å². The maximum atomic E-state index is 5.29. The average Bonchev–Trinajstić information content (AvgIpc) is 3.02. The Morgan fingerprint density at radius 1 is 1.29 bits per heavy atom. The van der Waals surface area contributed by atoms with Gasteiger partial charge in [0.05, 0.1) is 0 Å². The number of piperazine rings is 1. The van der Waals surface area contributed by atoms with Gasteiger partial charge in [0.25, 0.3) is 0 Å². The number of rotatable bonds is 2. The first-order chi connectivity index (χ1) is 6.81. The normalized spacial score (nSPS) is 23.6. The van der Waals surface area contributed by atoms with E-state index < -0.39 is 0 Å². The maximum absolute atomic E-state index is 5.29. The third-order valence-corrected chi connectivity index (χ3v) is 3.40. The van der Waals surface area contributed by atoms with Crippen LogP contribution in [0.2, 0.25) is 0 Å². The van der Waals surface area contributed by atoms with Crippen LogP contribution >= 0.6 is 12.2 Å². The van der Waals surface area contributed by atoms with Gasteiger partial charge in [0.1, 0.15) is 0 Å². The van der Waals surface area contributed by atoms with Gasteiger partial charge in [-0.1, -0.05) is 0 Å². The van der Waals surface area contributed by atoms with E-state index in [2.05, 4.69) is 22.0 Å². The van der Waals surface area contributed by atoms with Gasteiger partial charge in [0.15, 0.2) is 5.11 Å². The third kappa shape index (κ3) is 2.36. The summed E-state index contributed by atoms with van der Waals surface area (Å²) in [4.78, 5) is 4.89. The van der Waals surface area contributed by atoms with Gasteiger partial charge >= 0.3 is 0 Å². The molecule has 1 saturated heterocycles. The summed E-state index contributed by atoms with van der Waals surface area (Å²) in [5, 5.41) is 4.15. The topological polar surface area (TPSA) is 18.5 Å². The van der Waals surface area contributed by atoms with Gasteiger partial charge in [0, 0.05) is 38.8 Å². The van der Waals surface area contributed by atoms with E-state index in [9.17, 15) is 0 Å². The molecule has 2 fully saturated rings. The molecule has 1 aliphatic heterocycles. The predicted molar refractivity (Wildman–Crippen MR) is 62.4 cm³/mol. The molecule has 1 N–H and O–H groups in total. The highest BCUT2D eigenvalue weighted by molar-refractivity contribution is 7.80. The standard InChI is InChI=1S/C10H19N3S/c1-2-11-10(14)13-7-5-12(6-8-13)9-3-4-9/h9H,2-8H2,1H3,(H,11,14). The fraction of sp³-hybridized carbons (Fsp3) is 0.900. The summed E-state index contributed by atoms with van der Waals surface area (Å²) in [6.45, 7) is 7.60. The van der Waals surface area contributed by atoms with Gasteiger partial charge < -0.3 is 10.2 Å². The minimum absolute atomic E-state index is 0.907. The Labute approximate surface area is 91.4 Å². The van der Waals surface area contributed by atoms with E-state index in [1.807, 2.05) is 0 Å². The SMILES string of the molecule is CCNC(=S)N1CCN(C2CC2)CC1. The molecule has 3 nitrogen and oxygen atoms in total. The lowest BCUT2D eigenvalue weighted by Crippen LogP contribution is -2.52. The summed E-state index contributed by atoms with van der Waals surface area (Å²) in [5.41, 5.74) is 0. The second kappa shape index (κ2) is 4.45. The van der Waals surface area contributed by atoms with Crippen molar-refractivity contribution in [2.75, 3.05) is 32.7 Å². The second-order valence-electron chi connectivity index (χ2n) is 4.09. The minimum Gasteiger partial charge on any atom is -0.363 e. The zero-order valence-corrected chi connectivity index (χ0v) is 9.65. The predicted octanol–water partition coefficient (Wildman–Crippen LogP) is 0.661. The van der Waals surface area contributed by atoms with E-state index in [4.69, 9.17) is 12.2 Å². The number of nitrogens with zero attached hydrogens (tertiary/aromatic N) is 2. The van der Waals surface area contributed by atoms with Crippen molar-refractivity contribution in [2.24, 2.45) is 0 Å². The van der Waals surface area contributed by atoms with Crippen molar-refractivity contribution in [3.63, 3.8) is 0 Å². The summed E-state index contributed by atoms with van der Waals surface area (Å²) in [6.07, 6.45) is 2.83. The zero-order valence-electron chi connectivity index (χ0n) is 8.83. The van der Waals surface area contributed by atoms with E-state index in [1.165, 1.54) is 25.9 Å². The molecule has 4 heteroatoms. The lowest BCUT2D eigenvalue weighted by atomic mass is 10.3. The Balaban J connectivity index is 1.74. The maximum Gasteiger partial charge on any atom is 0.169 e. The van der Waals surface area contributed by atoms with Crippen molar-refractivity contribution in [3.05, 3.63) is 0 Å². The Hall–Kier alpha value is -0.350. The first-order valence-corrected chi connectivity index (χ1v) is 5.99. The molecule has 2 aliphatic rings. The summed E-state index contributed by atoms with van der Waals surface area (Å²) >= 11 is 5.29. The highest BCUT2D eigenvalue weighted by Gasteiger charge is 2.31. The van der Waals surface area contributed by atoms with Crippen LogP contribution in [-0.2, 0) is 0 Å². The molecule has 0 aromatic carbocycles. The summed E-state index contributed by atoms with van der Waals surface area (Å²) in [6, 6.07) is 0.907. The molecule has 1 saturated carbocycles. The number of hydrogen-bond acceptors (Lipinski definition) is 2. The number of thiocarbonyl (C=S) groups is 1. The number of nitrogens with one attached hydrogen (secondary N) is 1. The van der Waals surface area contributed by atoms with E-state index in [0.717, 1.165) is 30.8 Å². The van der Waals surface area contributed by atoms with Crippen LogP contribution in [0.25, 0.3) is 0 Å². The molecule has 80 valence electrons. The van der Waals surface area contributed by atoms with Crippen LogP contribution in [0.5, 0.6) is 0 Å². The Kier molecular flexibility index (Phi) is 3.23. The van der Waals surface area contributed by atoms with E-state index >= 15 is 0 Å². The van der Waals surface area contributed by atoms with Crippen molar-refractivity contribution >= 4 is 17.3 Å². The van der Waals surface area contributed by atoms with Gasteiger partial charge in [0.2, 0.25) is 0 Å². The van der Waals surface area contributed by atoms with Crippen LogP contribution in [0, 0.1) is 0 Å². The fourth-order valence-corrected chi connectivity index (χ4v) is 2.32. The molecule has 1 heterocycles. The van der Waals surface area contributed by atoms with Gasteiger partial charge in [-0.05, 0) is 32.0 Å². The van der Waals surface area contributed by atoms with Crippen molar-refractivity contribution in [3.8, 4) is 0 Å². The highest BCUT2D eigenvalue weighted by atomic mass is 32.1. The van der Waals surface area contributed by atoms with E-state index in [1.54, 1.807) is 0 Å². The molecule has 14 heavy (non-hydrogen) atoms. The lowest BCUT2D eigenvalue weighted by molar-refractivity contribution is 0.174. The van der Waals surface area contributed by atoms with Gasteiger partial charge in [-0.2, -0.15) is 0 Å². The molecular weight excluding hydrogens is 194 g/mol. The van der Waals surface area contributed by atoms with Crippen molar-refractivity contribution in [2.45, 2.75) is 25.8 Å². The highest BCUT2D eigenvalue weighted by Crippen LogP contribution is 2.27. The fourth-order valence-electron chi connectivity index (χ4n) is 1.99. The summed E-state index contributed by atoms with van der Waals surface area (Å²) < 4.78 is 0. The Morgan fingerprint density at radius 3 is 2.43 bits per heavy atom. The van der Waals surface area contributed by atoms with Crippen LogP contribution in [0.3, 0.4) is 0 Å². The molecule has 0 unspecified atom stereocenters. The molecule has 0 bridgehead atoms. The molecule has 0 amide bonds. The first kappa shape index (κ1) is 10.2. The summed E-state index contributed by atoms with van der Waals surface area (Å²) in [7, 11) is 0. The van der Waals surface area contributed by atoms with Crippen LogP contribution in [-0.4, -0.2) is 53.7 Å². The van der Waals surface area contributed by atoms with Crippen LogP contribution in [0.4, 0.5) is 0 Å². The first-order valence-electron chi connectivity index (χ1n) is 5.58. The minimum atomic E-state index is 0.907. The molecule has 0 atom stereocenters. The summed E-state index contributed by atoms with van der Waals surface area (Å²) in [5.74, 6) is 0. The van der Waals surface area contributed by atoms with Gasteiger partial charge in [-0.3, -0.25) is 4.90 Å². The molecule has 0 spiro atoms. The molecule has 2 rings (SSSR count). The van der Waals surface area contributed by atoms with Crippen molar-refractivity contribution < 1.29 is 0 Å². The van der Waals surface area contributed by atoms with E-state index in [0.29, 0.717) is 0 Å². The Bertz CT molecular complexity index is 207. The largest absolute Gasteiger partial charge is 0.363 e. The quantitative estimate of drug-likeness (QED) is 0.679. The van der Waals surface area contributed by atoms with E-state index in [-0.39, 0.29) is 0 Å². The monoisotopic (exact) mass is 213 g/mol. The Morgan fingerprint density at radius 2 is 1.93 bits per heavy atom. The average molecular weight is 213 g/mol. The molecule has 0 aromatic rings. The zero-order chi connectivity index (χ0) is 9.97. The molecule has 0 aromatic heterocycles. The van der Waals surface area contributed by atoms with Crippen LogP contribution < -0.4 is 5.32 Å².